The minimum atomic E-state index is -3.89. The average Bonchev–Trinajstić information content (AvgIpc) is 3.08. The fraction of sp³-hybridized carbons (Fsp3) is 0.240. The maximum Gasteiger partial charge on any atom is 0.257 e. The molecule has 1 aliphatic rings. The van der Waals surface area contributed by atoms with E-state index in [1.165, 1.54) is 5.01 Å². The number of amides is 1. The van der Waals surface area contributed by atoms with E-state index >= 15 is 0 Å². The van der Waals surface area contributed by atoms with Crippen molar-refractivity contribution >= 4 is 15.9 Å². The van der Waals surface area contributed by atoms with Gasteiger partial charge < -0.3 is 0 Å². The van der Waals surface area contributed by atoms with Gasteiger partial charge in [0.1, 0.15) is 0 Å². The van der Waals surface area contributed by atoms with Crippen LogP contribution in [0.4, 0.5) is 0 Å². The third kappa shape index (κ3) is 5.24. The number of nitrogens with one attached hydrogen (secondary N) is 2. The van der Waals surface area contributed by atoms with Gasteiger partial charge in [-0.05, 0) is 49.4 Å². The first-order valence-corrected chi connectivity index (χ1v) is 12.2. The normalized spacial score (nSPS) is 18.8. The van der Waals surface area contributed by atoms with E-state index in [9.17, 15) is 13.2 Å². The lowest BCUT2D eigenvalue weighted by molar-refractivity contribution is -0.131. The summed E-state index contributed by atoms with van der Waals surface area (Å²) in [5.41, 5.74) is 3.12. The van der Waals surface area contributed by atoms with Crippen molar-refractivity contribution < 1.29 is 13.2 Å². The quantitative estimate of drug-likeness (QED) is 0.554. The second-order valence-corrected chi connectivity index (χ2v) is 9.73. The Balaban J connectivity index is 1.55. The molecule has 32 heavy (non-hydrogen) atoms. The van der Waals surface area contributed by atoms with Crippen LogP contribution in [0.3, 0.4) is 0 Å². The van der Waals surface area contributed by atoms with Crippen LogP contribution in [0.15, 0.2) is 89.8 Å². The molecule has 0 aromatic heterocycles. The molecule has 1 heterocycles. The monoisotopic (exact) mass is 449 g/mol. The lowest BCUT2D eigenvalue weighted by Gasteiger charge is -2.24. The second kappa shape index (κ2) is 9.65. The third-order valence-electron chi connectivity index (χ3n) is 5.62. The van der Waals surface area contributed by atoms with E-state index in [-0.39, 0.29) is 10.8 Å². The number of sulfonamides is 1. The number of hydrogen-bond donors (Lipinski definition) is 2. The molecule has 2 atom stereocenters. The predicted molar refractivity (Wildman–Crippen MR) is 124 cm³/mol. The number of hydrazine groups is 1. The molecule has 0 saturated carbocycles. The van der Waals surface area contributed by atoms with Gasteiger partial charge >= 0.3 is 0 Å². The Labute approximate surface area is 189 Å². The second-order valence-electron chi connectivity index (χ2n) is 8.07. The van der Waals surface area contributed by atoms with Gasteiger partial charge in [0, 0.05) is 0 Å². The maximum atomic E-state index is 13.2. The Morgan fingerprint density at radius 2 is 1.47 bits per heavy atom. The molecular formula is C25H27N3O3S. The first kappa shape index (κ1) is 22.2. The van der Waals surface area contributed by atoms with Crippen LogP contribution < -0.4 is 10.1 Å². The van der Waals surface area contributed by atoms with Crippen molar-refractivity contribution in [1.29, 1.82) is 0 Å². The van der Waals surface area contributed by atoms with E-state index in [1.54, 1.807) is 24.3 Å². The van der Waals surface area contributed by atoms with Gasteiger partial charge in [0.2, 0.25) is 0 Å². The SMILES string of the molecule is Cc1ccc(S(=O)(=O)NN2C(=O)[C@H](Cc3ccccc3)NC2CCc2ccccc2)cc1. The Morgan fingerprint density at radius 1 is 0.875 bits per heavy atom. The number of carbonyl (C=O) groups is 1. The lowest BCUT2D eigenvalue weighted by Crippen LogP contribution is -2.49. The summed E-state index contributed by atoms with van der Waals surface area (Å²) in [5.74, 6) is -0.275. The highest BCUT2D eigenvalue weighted by atomic mass is 32.2. The van der Waals surface area contributed by atoms with Crippen molar-refractivity contribution in [1.82, 2.24) is 15.2 Å². The maximum absolute atomic E-state index is 13.2. The zero-order valence-electron chi connectivity index (χ0n) is 17.9. The van der Waals surface area contributed by atoms with Crippen LogP contribution in [0.2, 0.25) is 0 Å². The van der Waals surface area contributed by atoms with E-state index in [0.29, 0.717) is 19.3 Å². The molecule has 1 unspecified atom stereocenters. The molecule has 1 amide bonds. The Bertz CT molecular complexity index is 1150. The number of aryl methyl sites for hydroxylation is 2. The van der Waals surface area contributed by atoms with Gasteiger partial charge in [-0.25, -0.2) is 13.4 Å². The van der Waals surface area contributed by atoms with Crippen molar-refractivity contribution in [3.8, 4) is 0 Å². The molecule has 0 aliphatic carbocycles. The first-order chi connectivity index (χ1) is 15.4. The van der Waals surface area contributed by atoms with Gasteiger partial charge in [-0.1, -0.05) is 78.4 Å². The predicted octanol–water partition coefficient (Wildman–Crippen LogP) is 3.19. The largest absolute Gasteiger partial charge is 0.284 e. The van der Waals surface area contributed by atoms with Gasteiger partial charge in [0.15, 0.2) is 0 Å². The van der Waals surface area contributed by atoms with E-state index in [4.69, 9.17) is 0 Å². The highest BCUT2D eigenvalue weighted by Gasteiger charge is 2.40. The van der Waals surface area contributed by atoms with E-state index in [0.717, 1.165) is 16.7 Å². The summed E-state index contributed by atoms with van der Waals surface area (Å²) in [5, 5.41) is 4.60. The molecule has 1 saturated heterocycles. The summed E-state index contributed by atoms with van der Waals surface area (Å²) < 4.78 is 26.0. The van der Waals surface area contributed by atoms with Crippen molar-refractivity contribution in [2.75, 3.05) is 0 Å². The van der Waals surface area contributed by atoms with Crippen LogP contribution >= 0.6 is 0 Å². The molecule has 1 fully saturated rings. The highest BCUT2D eigenvalue weighted by molar-refractivity contribution is 7.89. The fourth-order valence-corrected chi connectivity index (χ4v) is 4.94. The standard InChI is InChI=1S/C25H27N3O3S/c1-19-12-15-22(16-13-19)32(30,31)27-28-24(17-14-20-8-4-2-5-9-20)26-23(25(28)29)18-21-10-6-3-7-11-21/h2-13,15-16,23-24,26-27H,14,17-18H2,1H3/t23-,24?/m0/s1. The van der Waals surface area contributed by atoms with Gasteiger partial charge in [0.25, 0.3) is 15.9 Å². The van der Waals surface area contributed by atoms with Gasteiger partial charge in [-0.3, -0.25) is 10.1 Å². The summed E-state index contributed by atoms with van der Waals surface area (Å²) in [6.45, 7) is 1.89. The van der Waals surface area contributed by atoms with Crippen molar-refractivity contribution in [2.45, 2.75) is 43.3 Å². The van der Waals surface area contributed by atoms with Crippen molar-refractivity contribution in [3.05, 3.63) is 102 Å². The van der Waals surface area contributed by atoms with E-state index in [1.807, 2.05) is 67.6 Å². The molecule has 6 nitrogen and oxygen atoms in total. The zero-order chi connectivity index (χ0) is 22.6. The van der Waals surface area contributed by atoms with Crippen LogP contribution in [0, 0.1) is 6.92 Å². The van der Waals surface area contributed by atoms with Crippen molar-refractivity contribution in [3.63, 3.8) is 0 Å². The van der Waals surface area contributed by atoms with Crippen LogP contribution in [-0.4, -0.2) is 31.5 Å². The smallest absolute Gasteiger partial charge is 0.257 e. The molecule has 2 N–H and O–H groups in total. The van der Waals surface area contributed by atoms with Crippen LogP contribution in [0.1, 0.15) is 23.1 Å². The number of carbonyl (C=O) groups excluding carboxylic acids is 1. The molecule has 3 aromatic rings. The van der Waals surface area contributed by atoms with Gasteiger partial charge in [-0.15, -0.1) is 4.83 Å². The number of nitrogens with zero attached hydrogens (tertiary/aromatic N) is 1. The molecule has 7 heteroatoms. The topological polar surface area (TPSA) is 78.5 Å². The molecule has 4 rings (SSSR count). The molecule has 0 bridgehead atoms. The Hall–Kier alpha value is -3.00. The summed E-state index contributed by atoms with van der Waals surface area (Å²) in [6, 6.07) is 25.7. The number of rotatable bonds is 8. The minimum absolute atomic E-state index is 0.129. The Kier molecular flexibility index (Phi) is 6.69. The highest BCUT2D eigenvalue weighted by Crippen LogP contribution is 2.20. The van der Waals surface area contributed by atoms with Crippen molar-refractivity contribution in [2.24, 2.45) is 0 Å². The lowest BCUT2D eigenvalue weighted by atomic mass is 10.1. The summed E-state index contributed by atoms with van der Waals surface area (Å²) in [6.07, 6.45) is 1.34. The summed E-state index contributed by atoms with van der Waals surface area (Å²) >= 11 is 0. The van der Waals surface area contributed by atoms with E-state index < -0.39 is 22.2 Å². The fourth-order valence-electron chi connectivity index (χ4n) is 3.86. The minimum Gasteiger partial charge on any atom is -0.284 e. The van der Waals surface area contributed by atoms with Crippen LogP contribution in [0.25, 0.3) is 0 Å². The molecule has 0 radical (unpaired) electrons. The molecule has 1 aliphatic heterocycles. The molecular weight excluding hydrogens is 422 g/mol. The summed E-state index contributed by atoms with van der Waals surface area (Å²) in [4.78, 5) is 15.9. The van der Waals surface area contributed by atoms with Gasteiger partial charge in [0.05, 0.1) is 17.1 Å². The first-order valence-electron chi connectivity index (χ1n) is 10.7. The molecule has 3 aromatic carbocycles. The third-order valence-corrected chi connectivity index (χ3v) is 6.95. The van der Waals surface area contributed by atoms with Crippen LogP contribution in [0.5, 0.6) is 0 Å². The zero-order valence-corrected chi connectivity index (χ0v) is 18.8. The van der Waals surface area contributed by atoms with E-state index in [2.05, 4.69) is 10.1 Å². The number of hydrogen-bond acceptors (Lipinski definition) is 4. The van der Waals surface area contributed by atoms with Crippen LogP contribution in [-0.2, 0) is 27.7 Å². The number of benzene rings is 3. The molecule has 166 valence electrons. The Morgan fingerprint density at radius 3 is 2.09 bits per heavy atom. The summed E-state index contributed by atoms with van der Waals surface area (Å²) in [7, 11) is -3.89. The van der Waals surface area contributed by atoms with Gasteiger partial charge in [-0.2, -0.15) is 0 Å². The molecule has 0 spiro atoms. The average molecular weight is 450 g/mol.